The average Bonchev–Trinajstić information content (AvgIpc) is 2.97. The summed E-state index contributed by atoms with van der Waals surface area (Å²) in [5.74, 6) is 0. The van der Waals surface area contributed by atoms with Crippen LogP contribution in [0.25, 0.3) is 11.0 Å². The highest BCUT2D eigenvalue weighted by Gasteiger charge is 2.20. The lowest BCUT2D eigenvalue weighted by Crippen LogP contribution is -2.52. The summed E-state index contributed by atoms with van der Waals surface area (Å²) in [6.07, 6.45) is 0. The van der Waals surface area contributed by atoms with Crippen LogP contribution in [0.3, 0.4) is 0 Å². The number of H-pyrrole nitrogens is 2. The quantitative estimate of drug-likeness (QED) is 0.735. The Labute approximate surface area is 139 Å². The Balaban J connectivity index is 1.49. The van der Waals surface area contributed by atoms with E-state index in [1.54, 1.807) is 7.11 Å². The number of hydrogen-bond acceptors (Lipinski definition) is 4. The van der Waals surface area contributed by atoms with E-state index in [9.17, 15) is 9.59 Å². The number of methoxy groups -OCH3 is 1. The predicted octanol–water partition coefficient (Wildman–Crippen LogP) is 0.330. The smallest absolute Gasteiger partial charge is 0.323 e. The van der Waals surface area contributed by atoms with Crippen LogP contribution < -0.4 is 11.0 Å². The van der Waals surface area contributed by atoms with Crippen molar-refractivity contribution in [3.05, 3.63) is 34.2 Å². The number of amides is 2. The molecule has 130 valence electrons. The average molecular weight is 333 g/mol. The van der Waals surface area contributed by atoms with Crippen LogP contribution in [0.5, 0.6) is 0 Å². The zero-order valence-electron chi connectivity index (χ0n) is 13.8. The number of piperazine rings is 1. The van der Waals surface area contributed by atoms with E-state index >= 15 is 0 Å². The fourth-order valence-electron chi connectivity index (χ4n) is 2.87. The van der Waals surface area contributed by atoms with E-state index in [4.69, 9.17) is 4.74 Å². The van der Waals surface area contributed by atoms with Gasteiger partial charge in [0.05, 0.1) is 17.6 Å². The van der Waals surface area contributed by atoms with Crippen molar-refractivity contribution in [2.24, 2.45) is 0 Å². The van der Waals surface area contributed by atoms with Crippen molar-refractivity contribution < 1.29 is 9.53 Å². The van der Waals surface area contributed by atoms with Crippen molar-refractivity contribution in [3.63, 3.8) is 0 Å². The lowest BCUT2D eigenvalue weighted by Gasteiger charge is -2.34. The Bertz CT molecular complexity index is 745. The van der Waals surface area contributed by atoms with Crippen molar-refractivity contribution >= 4 is 17.1 Å². The third-order valence-electron chi connectivity index (χ3n) is 4.30. The zero-order chi connectivity index (χ0) is 16.9. The fourth-order valence-corrected chi connectivity index (χ4v) is 2.87. The Morgan fingerprint density at radius 3 is 2.71 bits per heavy atom. The molecule has 2 amide bonds. The van der Waals surface area contributed by atoms with Crippen LogP contribution in [-0.2, 0) is 11.3 Å². The number of carbonyl (C=O) groups excluding carboxylic acids is 1. The summed E-state index contributed by atoms with van der Waals surface area (Å²) in [6, 6.07) is 5.55. The van der Waals surface area contributed by atoms with Crippen molar-refractivity contribution in [1.82, 2.24) is 25.1 Å². The standard InChI is InChI=1S/C16H23N5O3/c1-24-9-8-20-4-6-21(7-5-20)16(23)17-11-12-2-3-13-14(10-12)19-15(22)18-13/h2-3,10H,4-9,11H2,1H3,(H,17,23)(H2,18,19,22). The minimum atomic E-state index is -0.225. The maximum Gasteiger partial charge on any atom is 0.323 e. The van der Waals surface area contributed by atoms with Gasteiger partial charge in [0.2, 0.25) is 0 Å². The molecule has 0 spiro atoms. The topological polar surface area (TPSA) is 93.5 Å². The lowest BCUT2D eigenvalue weighted by molar-refractivity contribution is 0.106. The molecule has 8 nitrogen and oxygen atoms in total. The number of nitrogens with zero attached hydrogens (tertiary/aromatic N) is 2. The number of ether oxygens (including phenoxy) is 1. The second kappa shape index (κ2) is 7.50. The van der Waals surface area contributed by atoms with Crippen LogP contribution in [0.15, 0.2) is 23.0 Å². The summed E-state index contributed by atoms with van der Waals surface area (Å²) in [6.45, 7) is 5.24. The van der Waals surface area contributed by atoms with E-state index in [2.05, 4.69) is 20.2 Å². The van der Waals surface area contributed by atoms with Crippen molar-refractivity contribution in [2.75, 3.05) is 46.4 Å². The lowest BCUT2D eigenvalue weighted by atomic mass is 10.2. The normalized spacial score (nSPS) is 15.8. The van der Waals surface area contributed by atoms with Gasteiger partial charge in [0.25, 0.3) is 0 Å². The molecule has 2 aromatic rings. The first-order valence-electron chi connectivity index (χ1n) is 8.11. The number of hydrogen-bond donors (Lipinski definition) is 3. The number of imidazole rings is 1. The van der Waals surface area contributed by atoms with E-state index in [1.807, 2.05) is 23.1 Å². The Hall–Kier alpha value is -2.32. The SMILES string of the molecule is COCCN1CCN(C(=O)NCc2ccc3[nH]c(=O)[nH]c3c2)CC1. The molecule has 8 heteroatoms. The Morgan fingerprint density at radius 1 is 1.21 bits per heavy atom. The van der Waals surface area contributed by atoms with Gasteiger partial charge in [0.15, 0.2) is 0 Å². The summed E-state index contributed by atoms with van der Waals surface area (Å²) in [4.78, 5) is 33.1. The highest BCUT2D eigenvalue weighted by molar-refractivity contribution is 5.76. The highest BCUT2D eigenvalue weighted by atomic mass is 16.5. The second-order valence-electron chi connectivity index (χ2n) is 5.94. The van der Waals surface area contributed by atoms with Gasteiger partial charge in [-0.15, -0.1) is 0 Å². The molecular weight excluding hydrogens is 310 g/mol. The summed E-state index contributed by atoms with van der Waals surface area (Å²) < 4.78 is 5.08. The molecule has 0 atom stereocenters. The highest BCUT2D eigenvalue weighted by Crippen LogP contribution is 2.10. The van der Waals surface area contributed by atoms with Crippen molar-refractivity contribution in [2.45, 2.75) is 6.54 Å². The molecule has 2 heterocycles. The molecule has 0 unspecified atom stereocenters. The third-order valence-corrected chi connectivity index (χ3v) is 4.30. The molecular formula is C16H23N5O3. The van der Waals surface area contributed by atoms with E-state index in [1.165, 1.54) is 0 Å². The Kier molecular flexibility index (Phi) is 5.17. The molecule has 1 saturated heterocycles. The van der Waals surface area contributed by atoms with Crippen LogP contribution in [0.4, 0.5) is 4.79 Å². The van der Waals surface area contributed by atoms with Gasteiger partial charge in [-0.2, -0.15) is 0 Å². The second-order valence-corrected chi connectivity index (χ2v) is 5.94. The summed E-state index contributed by atoms with van der Waals surface area (Å²) >= 11 is 0. The van der Waals surface area contributed by atoms with E-state index in [-0.39, 0.29) is 11.7 Å². The summed E-state index contributed by atoms with van der Waals surface area (Å²) in [5.41, 5.74) is 2.24. The molecule has 24 heavy (non-hydrogen) atoms. The Morgan fingerprint density at radius 2 is 1.96 bits per heavy atom. The molecule has 3 rings (SSSR count). The van der Waals surface area contributed by atoms with Crippen molar-refractivity contribution in [3.8, 4) is 0 Å². The third kappa shape index (κ3) is 3.95. The number of aromatic nitrogens is 2. The van der Waals surface area contributed by atoms with Gasteiger partial charge in [0.1, 0.15) is 0 Å². The van der Waals surface area contributed by atoms with Crippen LogP contribution in [-0.4, -0.2) is 72.2 Å². The molecule has 0 aliphatic carbocycles. The minimum Gasteiger partial charge on any atom is -0.383 e. The maximum atomic E-state index is 12.3. The van der Waals surface area contributed by atoms with Gasteiger partial charge in [-0.25, -0.2) is 9.59 Å². The zero-order valence-corrected chi connectivity index (χ0v) is 13.8. The molecule has 0 bridgehead atoms. The molecule has 0 radical (unpaired) electrons. The number of aromatic amines is 2. The van der Waals surface area contributed by atoms with Crippen molar-refractivity contribution in [1.29, 1.82) is 0 Å². The molecule has 1 aromatic carbocycles. The van der Waals surface area contributed by atoms with Gasteiger partial charge < -0.3 is 24.9 Å². The van der Waals surface area contributed by atoms with Gasteiger partial charge >= 0.3 is 11.7 Å². The first kappa shape index (κ1) is 16.5. The van der Waals surface area contributed by atoms with Gasteiger partial charge in [-0.05, 0) is 17.7 Å². The number of nitrogens with one attached hydrogen (secondary N) is 3. The molecule has 1 aliphatic rings. The van der Waals surface area contributed by atoms with Gasteiger partial charge in [0, 0.05) is 46.4 Å². The maximum absolute atomic E-state index is 12.3. The van der Waals surface area contributed by atoms with E-state index in [0.29, 0.717) is 6.54 Å². The number of urea groups is 1. The van der Waals surface area contributed by atoms with Gasteiger partial charge in [-0.3, -0.25) is 4.90 Å². The van der Waals surface area contributed by atoms with Gasteiger partial charge in [-0.1, -0.05) is 6.07 Å². The summed E-state index contributed by atoms with van der Waals surface area (Å²) in [5, 5.41) is 2.94. The van der Waals surface area contributed by atoms with Crippen LogP contribution in [0.1, 0.15) is 5.56 Å². The largest absolute Gasteiger partial charge is 0.383 e. The molecule has 1 aliphatic heterocycles. The molecule has 1 aromatic heterocycles. The van der Waals surface area contributed by atoms with Crippen LogP contribution in [0.2, 0.25) is 0 Å². The fraction of sp³-hybridized carbons (Fsp3) is 0.500. The molecule has 0 saturated carbocycles. The van der Waals surface area contributed by atoms with E-state index < -0.39 is 0 Å². The van der Waals surface area contributed by atoms with Crippen LogP contribution in [0, 0.1) is 0 Å². The molecule has 1 fully saturated rings. The first-order valence-corrected chi connectivity index (χ1v) is 8.11. The van der Waals surface area contributed by atoms with Crippen LogP contribution >= 0.6 is 0 Å². The molecule has 3 N–H and O–H groups in total. The first-order chi connectivity index (χ1) is 11.7. The van der Waals surface area contributed by atoms with E-state index in [0.717, 1.165) is 55.9 Å². The minimum absolute atomic E-state index is 0.0518. The summed E-state index contributed by atoms with van der Waals surface area (Å²) in [7, 11) is 1.70. The predicted molar refractivity (Wildman–Crippen MR) is 91.0 cm³/mol. The number of carbonyl (C=O) groups is 1. The monoisotopic (exact) mass is 333 g/mol. The number of fused-ring (bicyclic) bond motifs is 1. The number of benzene rings is 1. The number of rotatable bonds is 5.